The molecule has 0 aromatic carbocycles. The van der Waals surface area contributed by atoms with Gasteiger partial charge in [0.2, 0.25) is 0 Å². The largest absolute Gasteiger partial charge is 0.390 e. The van der Waals surface area contributed by atoms with Gasteiger partial charge in [0, 0.05) is 23.2 Å². The van der Waals surface area contributed by atoms with Gasteiger partial charge < -0.3 is 26.6 Å². The summed E-state index contributed by atoms with van der Waals surface area (Å²) in [5.41, 5.74) is 5.40. The van der Waals surface area contributed by atoms with Gasteiger partial charge >= 0.3 is 0 Å². The van der Waals surface area contributed by atoms with E-state index in [0.717, 1.165) is 22.6 Å². The Bertz CT molecular complexity index is 1070. The standard InChI is InChI=1S/C26H38F2N4O3S/c1-13-15(12-30-14(2)25(3,4)34)7-8-21(31-13)32-24-17(23(29)33)11-20(36-24)22-18(27)9-16(10-19(22)28)26(5,6)35/h7-8,11,14,16,18-19,22,30,34-35H,9-10,12H2,1-6H3,(H2,29,33)(H,31,32). The highest BCUT2D eigenvalue weighted by Crippen LogP contribution is 2.47. The lowest BCUT2D eigenvalue weighted by molar-refractivity contribution is -0.0395. The molecule has 0 radical (unpaired) electrons. The second kappa shape index (κ2) is 10.7. The number of hydrogen-bond acceptors (Lipinski definition) is 7. The minimum absolute atomic E-state index is 0.0451. The van der Waals surface area contributed by atoms with Crippen molar-refractivity contribution < 1.29 is 23.8 Å². The Morgan fingerprint density at radius 1 is 1.22 bits per heavy atom. The Kier molecular flexibility index (Phi) is 8.44. The van der Waals surface area contributed by atoms with Crippen LogP contribution in [0, 0.1) is 12.8 Å². The number of nitrogens with two attached hydrogens (primary N) is 1. The van der Waals surface area contributed by atoms with Crippen molar-refractivity contribution in [3.63, 3.8) is 0 Å². The summed E-state index contributed by atoms with van der Waals surface area (Å²) in [6.45, 7) is 10.9. The van der Waals surface area contributed by atoms with E-state index in [4.69, 9.17) is 5.73 Å². The van der Waals surface area contributed by atoms with Crippen LogP contribution in [0.5, 0.6) is 0 Å². The first-order valence-electron chi connectivity index (χ1n) is 12.2. The number of nitrogens with zero attached hydrogens (tertiary/aromatic N) is 1. The van der Waals surface area contributed by atoms with Crippen molar-refractivity contribution in [2.75, 3.05) is 5.32 Å². The monoisotopic (exact) mass is 524 g/mol. The molecular weight excluding hydrogens is 486 g/mol. The lowest BCUT2D eigenvalue weighted by Crippen LogP contribution is -2.44. The molecule has 1 aliphatic carbocycles. The van der Waals surface area contributed by atoms with Crippen molar-refractivity contribution in [2.24, 2.45) is 11.7 Å². The summed E-state index contributed by atoms with van der Waals surface area (Å²) in [6.07, 6.45) is -2.89. The number of aryl methyl sites for hydroxylation is 1. The van der Waals surface area contributed by atoms with Crippen molar-refractivity contribution in [2.45, 2.75) is 96.4 Å². The second-order valence-electron chi connectivity index (χ2n) is 11.0. The number of rotatable bonds is 9. The Hall–Kier alpha value is -2.14. The SMILES string of the molecule is Cc1nc(Nc2sc(C3C(F)CC(C(C)(C)O)CC3F)cc2C(N)=O)ccc1CNC(C)C(C)(C)O. The quantitative estimate of drug-likeness (QED) is 0.330. The summed E-state index contributed by atoms with van der Waals surface area (Å²) in [7, 11) is 0. The minimum Gasteiger partial charge on any atom is -0.390 e. The average molecular weight is 525 g/mol. The lowest BCUT2D eigenvalue weighted by Gasteiger charge is -2.39. The molecule has 0 spiro atoms. The van der Waals surface area contributed by atoms with Crippen LogP contribution in [0.15, 0.2) is 18.2 Å². The number of amides is 1. The highest BCUT2D eigenvalue weighted by atomic mass is 32.1. The number of nitrogens with one attached hydrogen (secondary N) is 2. The highest BCUT2D eigenvalue weighted by molar-refractivity contribution is 7.16. The van der Waals surface area contributed by atoms with Gasteiger partial charge in [-0.15, -0.1) is 11.3 Å². The maximum atomic E-state index is 15.1. The molecule has 36 heavy (non-hydrogen) atoms. The Morgan fingerprint density at radius 2 is 1.83 bits per heavy atom. The first-order chi connectivity index (χ1) is 16.6. The number of primary amides is 1. The van der Waals surface area contributed by atoms with E-state index in [0.29, 0.717) is 22.2 Å². The number of carbonyl (C=O) groups is 1. The number of pyridine rings is 1. The molecule has 3 unspecified atom stereocenters. The Balaban J connectivity index is 1.79. The summed E-state index contributed by atoms with van der Waals surface area (Å²) in [5.74, 6) is -1.74. The van der Waals surface area contributed by atoms with Crippen LogP contribution in [-0.4, -0.2) is 50.7 Å². The van der Waals surface area contributed by atoms with E-state index in [1.807, 2.05) is 19.9 Å². The summed E-state index contributed by atoms with van der Waals surface area (Å²) in [5, 5.41) is 27.1. The van der Waals surface area contributed by atoms with Crippen LogP contribution in [0.4, 0.5) is 19.6 Å². The zero-order chi connectivity index (χ0) is 27.0. The molecule has 1 fully saturated rings. The molecule has 1 aliphatic rings. The highest BCUT2D eigenvalue weighted by Gasteiger charge is 2.45. The number of aromatic nitrogens is 1. The molecule has 6 N–H and O–H groups in total. The topological polar surface area (TPSA) is 121 Å². The van der Waals surface area contributed by atoms with Crippen LogP contribution in [0.3, 0.4) is 0 Å². The van der Waals surface area contributed by atoms with Crippen molar-refractivity contribution in [3.05, 3.63) is 39.9 Å². The van der Waals surface area contributed by atoms with E-state index < -0.39 is 41.3 Å². The van der Waals surface area contributed by atoms with Crippen LogP contribution in [-0.2, 0) is 6.54 Å². The third-order valence-electron chi connectivity index (χ3n) is 7.24. The minimum atomic E-state index is -1.49. The molecule has 10 heteroatoms. The molecule has 0 aliphatic heterocycles. The fraction of sp³-hybridized carbons (Fsp3) is 0.615. The van der Waals surface area contributed by atoms with Crippen molar-refractivity contribution >= 4 is 28.1 Å². The molecule has 0 bridgehead atoms. The van der Waals surface area contributed by atoms with E-state index in [9.17, 15) is 15.0 Å². The molecule has 2 aromatic rings. The van der Waals surface area contributed by atoms with Gasteiger partial charge in [-0.2, -0.15) is 0 Å². The van der Waals surface area contributed by atoms with Gasteiger partial charge in [0.15, 0.2) is 0 Å². The first-order valence-corrected chi connectivity index (χ1v) is 13.0. The molecule has 3 atom stereocenters. The van der Waals surface area contributed by atoms with Crippen LogP contribution in [0.25, 0.3) is 0 Å². The summed E-state index contributed by atoms with van der Waals surface area (Å²) < 4.78 is 30.2. The predicted octanol–water partition coefficient (Wildman–Crippen LogP) is 4.48. The van der Waals surface area contributed by atoms with Crippen molar-refractivity contribution in [3.8, 4) is 0 Å². The van der Waals surface area contributed by atoms with Crippen LogP contribution < -0.4 is 16.4 Å². The van der Waals surface area contributed by atoms with Crippen LogP contribution >= 0.6 is 11.3 Å². The maximum Gasteiger partial charge on any atom is 0.251 e. The number of thiophene rings is 1. The van der Waals surface area contributed by atoms with E-state index in [1.165, 1.54) is 6.07 Å². The summed E-state index contributed by atoms with van der Waals surface area (Å²) in [6, 6.07) is 4.98. The second-order valence-corrected chi connectivity index (χ2v) is 12.0. The number of carbonyl (C=O) groups excluding carboxylic acids is 1. The lowest BCUT2D eigenvalue weighted by atomic mass is 9.72. The van der Waals surface area contributed by atoms with Gasteiger partial charge in [-0.1, -0.05) is 6.07 Å². The molecule has 1 saturated carbocycles. The molecule has 7 nitrogen and oxygen atoms in total. The fourth-order valence-electron chi connectivity index (χ4n) is 4.42. The Morgan fingerprint density at radius 3 is 2.33 bits per heavy atom. The molecule has 3 rings (SSSR count). The zero-order valence-electron chi connectivity index (χ0n) is 21.7. The van der Waals surface area contributed by atoms with Crippen LogP contribution in [0.2, 0.25) is 0 Å². The molecular formula is C26H38F2N4O3S. The van der Waals surface area contributed by atoms with Gasteiger partial charge in [-0.05, 0) is 78.0 Å². The number of alkyl halides is 2. The van der Waals surface area contributed by atoms with E-state index in [2.05, 4.69) is 15.6 Å². The van der Waals surface area contributed by atoms with E-state index in [1.54, 1.807) is 33.8 Å². The van der Waals surface area contributed by atoms with Gasteiger partial charge in [0.1, 0.15) is 23.2 Å². The van der Waals surface area contributed by atoms with E-state index in [-0.39, 0.29) is 24.4 Å². The molecule has 2 aromatic heterocycles. The number of aliphatic hydroxyl groups is 2. The number of halogens is 2. The third-order valence-corrected chi connectivity index (χ3v) is 8.39. The van der Waals surface area contributed by atoms with Crippen LogP contribution in [0.1, 0.15) is 79.9 Å². The summed E-state index contributed by atoms with van der Waals surface area (Å²) >= 11 is 1.10. The average Bonchev–Trinajstić information content (AvgIpc) is 3.14. The van der Waals surface area contributed by atoms with Gasteiger partial charge in [-0.3, -0.25) is 4.79 Å². The fourth-order valence-corrected chi connectivity index (χ4v) is 5.69. The van der Waals surface area contributed by atoms with Gasteiger partial charge in [-0.25, -0.2) is 13.8 Å². The number of hydrogen-bond donors (Lipinski definition) is 5. The van der Waals surface area contributed by atoms with Gasteiger partial charge in [0.05, 0.1) is 22.7 Å². The van der Waals surface area contributed by atoms with Gasteiger partial charge in [0.25, 0.3) is 5.91 Å². The summed E-state index contributed by atoms with van der Waals surface area (Å²) in [4.78, 5) is 17.1. The third kappa shape index (κ3) is 6.59. The molecule has 2 heterocycles. The first kappa shape index (κ1) is 28.4. The van der Waals surface area contributed by atoms with Crippen molar-refractivity contribution in [1.29, 1.82) is 0 Å². The molecule has 200 valence electrons. The zero-order valence-corrected chi connectivity index (χ0v) is 22.5. The normalized spacial score (nSPS) is 23.9. The smallest absolute Gasteiger partial charge is 0.251 e. The molecule has 1 amide bonds. The molecule has 0 saturated heterocycles. The Labute approximate surface area is 215 Å². The predicted molar refractivity (Wildman–Crippen MR) is 139 cm³/mol. The maximum absolute atomic E-state index is 15.1. The van der Waals surface area contributed by atoms with E-state index >= 15 is 8.78 Å². The number of anilines is 2. The van der Waals surface area contributed by atoms with Crippen molar-refractivity contribution in [1.82, 2.24) is 10.3 Å².